The highest BCUT2D eigenvalue weighted by Gasteiger charge is 2.35. The van der Waals surface area contributed by atoms with Gasteiger partial charge in [-0.05, 0) is 71.0 Å². The van der Waals surface area contributed by atoms with E-state index in [1.54, 1.807) is 18.0 Å². The average Bonchev–Trinajstić information content (AvgIpc) is 3.67. The lowest BCUT2D eigenvalue weighted by Crippen LogP contribution is -2.46. The second kappa shape index (κ2) is 13.3. The summed E-state index contributed by atoms with van der Waals surface area (Å²) in [6, 6.07) is 11.3. The lowest BCUT2D eigenvalue weighted by atomic mass is 10.0. The van der Waals surface area contributed by atoms with Crippen molar-refractivity contribution in [3.8, 4) is 11.3 Å². The van der Waals surface area contributed by atoms with Crippen molar-refractivity contribution < 1.29 is 14.3 Å². The number of nitrogens with one attached hydrogen (secondary N) is 2. The van der Waals surface area contributed by atoms with Gasteiger partial charge in [-0.25, -0.2) is 15.0 Å². The summed E-state index contributed by atoms with van der Waals surface area (Å²) in [5, 5.41) is 6.85. The molecule has 3 aliphatic heterocycles. The summed E-state index contributed by atoms with van der Waals surface area (Å²) in [5.41, 5.74) is 3.46. The minimum Gasteiger partial charge on any atom is -0.381 e. The van der Waals surface area contributed by atoms with E-state index in [9.17, 15) is 9.59 Å². The molecule has 0 spiro atoms. The van der Waals surface area contributed by atoms with Crippen molar-refractivity contribution >= 4 is 35.2 Å². The molecule has 0 saturated carbocycles. The van der Waals surface area contributed by atoms with Gasteiger partial charge in [-0.3, -0.25) is 9.59 Å². The molecule has 12 heteroatoms. The van der Waals surface area contributed by atoms with E-state index in [4.69, 9.17) is 21.3 Å². The number of likely N-dealkylation sites (N-methyl/N-ethyl adjacent to an activating group) is 1. The van der Waals surface area contributed by atoms with Gasteiger partial charge in [0, 0.05) is 56.1 Å². The van der Waals surface area contributed by atoms with Gasteiger partial charge < -0.3 is 30.1 Å². The second-order valence-corrected chi connectivity index (χ2v) is 12.8. The summed E-state index contributed by atoms with van der Waals surface area (Å²) in [6.45, 7) is 7.33. The summed E-state index contributed by atoms with van der Waals surface area (Å²) in [6.07, 6.45) is 4.44. The van der Waals surface area contributed by atoms with Crippen LogP contribution in [0.2, 0.25) is 5.02 Å². The number of pyridine rings is 1. The van der Waals surface area contributed by atoms with Crippen LogP contribution in [0.4, 0.5) is 11.8 Å². The minimum absolute atomic E-state index is 0.197. The number of aromatic nitrogens is 3. The highest BCUT2D eigenvalue weighted by atomic mass is 35.5. The number of carbonyl (C=O) groups is 2. The SMILES string of the molecule is C[C@H](C(=O)N[C@H](C)c1cccc(N2CC[C@@H](N(C)C)C2)n1)N1Cc2ccc(-c3nc(NC4CCOCC4)ncc3Cl)cc2C1=O. The molecule has 0 unspecified atom stereocenters. The molecule has 45 heavy (non-hydrogen) atoms. The van der Waals surface area contributed by atoms with E-state index in [2.05, 4.69) is 44.5 Å². The zero-order chi connectivity index (χ0) is 31.7. The maximum absolute atomic E-state index is 13.6. The Morgan fingerprint density at radius 3 is 2.67 bits per heavy atom. The Morgan fingerprint density at radius 1 is 1.11 bits per heavy atom. The smallest absolute Gasteiger partial charge is 0.255 e. The molecular weight excluding hydrogens is 592 g/mol. The third-order valence-corrected chi connectivity index (χ3v) is 9.41. The van der Waals surface area contributed by atoms with Crippen LogP contribution in [0, 0.1) is 0 Å². The normalized spacial score (nSPS) is 20.0. The molecule has 1 aromatic carbocycles. The Morgan fingerprint density at radius 2 is 1.91 bits per heavy atom. The first-order valence-corrected chi connectivity index (χ1v) is 16.1. The van der Waals surface area contributed by atoms with Crippen molar-refractivity contribution in [2.45, 2.75) is 63.8 Å². The van der Waals surface area contributed by atoms with Crippen molar-refractivity contribution in [1.82, 2.24) is 30.1 Å². The molecule has 0 aliphatic carbocycles. The van der Waals surface area contributed by atoms with E-state index in [-0.39, 0.29) is 23.9 Å². The molecule has 0 bridgehead atoms. The van der Waals surface area contributed by atoms with Gasteiger partial charge >= 0.3 is 0 Å². The number of halogens is 1. The number of hydrogen-bond acceptors (Lipinski definition) is 9. The van der Waals surface area contributed by atoms with Gasteiger partial charge in [0.1, 0.15) is 11.9 Å². The first-order chi connectivity index (χ1) is 21.7. The van der Waals surface area contributed by atoms with Crippen molar-refractivity contribution in [3.05, 3.63) is 64.4 Å². The molecule has 3 aliphatic rings. The molecule has 3 aromatic rings. The summed E-state index contributed by atoms with van der Waals surface area (Å²) in [5.74, 6) is 0.986. The van der Waals surface area contributed by atoms with Gasteiger partial charge in [0.25, 0.3) is 5.91 Å². The summed E-state index contributed by atoms with van der Waals surface area (Å²) in [7, 11) is 4.21. The van der Waals surface area contributed by atoms with Crippen LogP contribution in [0.3, 0.4) is 0 Å². The van der Waals surface area contributed by atoms with Crippen molar-refractivity contribution in [1.29, 1.82) is 0 Å². The van der Waals surface area contributed by atoms with E-state index < -0.39 is 6.04 Å². The largest absolute Gasteiger partial charge is 0.381 e. The lowest BCUT2D eigenvalue weighted by molar-refractivity contribution is -0.125. The maximum Gasteiger partial charge on any atom is 0.255 e. The molecule has 2 fully saturated rings. The molecular formula is C33H41ClN8O3. The van der Waals surface area contributed by atoms with Gasteiger partial charge in [0.15, 0.2) is 0 Å². The van der Waals surface area contributed by atoms with E-state index in [0.717, 1.165) is 55.0 Å². The van der Waals surface area contributed by atoms with Crippen LogP contribution in [0.5, 0.6) is 0 Å². The average molecular weight is 633 g/mol. The number of ether oxygens (including phenoxy) is 1. The number of rotatable bonds is 9. The Balaban J connectivity index is 1.11. The van der Waals surface area contributed by atoms with Gasteiger partial charge in [0.2, 0.25) is 11.9 Å². The highest BCUT2D eigenvalue weighted by Crippen LogP contribution is 2.33. The molecule has 0 radical (unpaired) electrons. The van der Waals surface area contributed by atoms with Crippen LogP contribution in [-0.4, -0.2) is 95.1 Å². The van der Waals surface area contributed by atoms with Crippen LogP contribution in [0.1, 0.15) is 60.8 Å². The molecule has 3 atom stereocenters. The van der Waals surface area contributed by atoms with Gasteiger partial charge in [-0.2, -0.15) is 0 Å². The molecule has 11 nitrogen and oxygen atoms in total. The standard InChI is InChI=1S/C33H41ClN8O3/c1-20(28-6-5-7-29(38-28)41-13-10-25(19-41)40(3)4)36-31(43)21(2)42-18-23-9-8-22(16-26(23)32(42)44)30-27(34)17-35-33(39-30)37-24-11-14-45-15-12-24/h5-9,16-17,20-21,24-25H,10-15,18-19H2,1-4H3,(H,36,43)(H,35,37,39)/t20-,21-,25-/m1/s1. The molecule has 5 heterocycles. The van der Waals surface area contributed by atoms with Gasteiger partial charge in [-0.1, -0.05) is 29.8 Å². The predicted octanol–water partition coefficient (Wildman–Crippen LogP) is 4.14. The molecule has 238 valence electrons. The molecule has 6 rings (SSSR count). The molecule has 2 N–H and O–H groups in total. The van der Waals surface area contributed by atoms with Crippen molar-refractivity contribution in [3.63, 3.8) is 0 Å². The molecule has 2 aromatic heterocycles. The van der Waals surface area contributed by atoms with Crippen LogP contribution in [0.25, 0.3) is 11.3 Å². The number of anilines is 2. The number of benzene rings is 1. The topological polar surface area (TPSA) is 116 Å². The van der Waals surface area contributed by atoms with Gasteiger partial charge in [0.05, 0.1) is 28.6 Å². The van der Waals surface area contributed by atoms with E-state index in [1.807, 2.05) is 43.3 Å². The van der Waals surface area contributed by atoms with E-state index in [1.165, 1.54) is 0 Å². The fourth-order valence-electron chi connectivity index (χ4n) is 6.22. The predicted molar refractivity (Wildman–Crippen MR) is 174 cm³/mol. The third kappa shape index (κ3) is 6.75. The first-order valence-electron chi connectivity index (χ1n) is 15.7. The van der Waals surface area contributed by atoms with Crippen LogP contribution >= 0.6 is 11.6 Å². The second-order valence-electron chi connectivity index (χ2n) is 12.4. The quantitative estimate of drug-likeness (QED) is 0.359. The molecule has 2 saturated heterocycles. The number of hydrogen-bond donors (Lipinski definition) is 2. The van der Waals surface area contributed by atoms with Crippen molar-refractivity contribution in [2.24, 2.45) is 0 Å². The van der Waals surface area contributed by atoms with E-state index >= 15 is 0 Å². The summed E-state index contributed by atoms with van der Waals surface area (Å²) < 4.78 is 5.44. The van der Waals surface area contributed by atoms with Crippen molar-refractivity contribution in [2.75, 3.05) is 50.6 Å². The number of nitrogens with zero attached hydrogens (tertiary/aromatic N) is 6. The zero-order valence-electron chi connectivity index (χ0n) is 26.3. The highest BCUT2D eigenvalue weighted by molar-refractivity contribution is 6.33. The maximum atomic E-state index is 13.6. The third-order valence-electron chi connectivity index (χ3n) is 9.14. The zero-order valence-corrected chi connectivity index (χ0v) is 27.0. The van der Waals surface area contributed by atoms with Gasteiger partial charge in [-0.15, -0.1) is 0 Å². The minimum atomic E-state index is -0.670. The van der Waals surface area contributed by atoms with Crippen LogP contribution in [-0.2, 0) is 16.1 Å². The summed E-state index contributed by atoms with van der Waals surface area (Å²) >= 11 is 6.52. The van der Waals surface area contributed by atoms with Crippen LogP contribution in [0.15, 0.2) is 42.6 Å². The fraction of sp³-hybridized carbons (Fsp3) is 0.485. The number of carbonyl (C=O) groups excluding carboxylic acids is 2. The Labute approximate surface area is 269 Å². The lowest BCUT2D eigenvalue weighted by Gasteiger charge is -2.26. The van der Waals surface area contributed by atoms with Crippen LogP contribution < -0.4 is 15.5 Å². The Bertz CT molecular complexity index is 1560. The number of amides is 2. The molecule has 2 amide bonds. The monoisotopic (exact) mass is 632 g/mol. The first kappa shape index (κ1) is 31.2. The number of fused-ring (bicyclic) bond motifs is 1. The van der Waals surface area contributed by atoms with E-state index in [0.29, 0.717) is 48.0 Å². The summed E-state index contributed by atoms with van der Waals surface area (Å²) in [4.78, 5) is 47.1. The Kier molecular flexibility index (Phi) is 9.21. The fourth-order valence-corrected chi connectivity index (χ4v) is 6.43. The Hall–Kier alpha value is -3.80.